The molecule has 2 aliphatic rings. The molecule has 0 saturated carbocycles. The van der Waals surface area contributed by atoms with Crippen LogP contribution >= 0.6 is 11.3 Å². The quantitative estimate of drug-likeness (QED) is 0.624. The van der Waals surface area contributed by atoms with E-state index in [1.807, 2.05) is 17.5 Å². The van der Waals surface area contributed by atoms with Crippen molar-refractivity contribution in [2.24, 2.45) is 0 Å². The molecule has 31 heavy (non-hydrogen) atoms. The van der Waals surface area contributed by atoms with Gasteiger partial charge in [-0.1, -0.05) is 12.1 Å². The number of piperidine rings is 1. The van der Waals surface area contributed by atoms with Crippen LogP contribution in [0.3, 0.4) is 0 Å². The van der Waals surface area contributed by atoms with Crippen molar-refractivity contribution in [1.29, 1.82) is 0 Å². The van der Waals surface area contributed by atoms with Crippen molar-refractivity contribution in [2.75, 3.05) is 18.9 Å². The third-order valence-electron chi connectivity index (χ3n) is 6.73. The summed E-state index contributed by atoms with van der Waals surface area (Å²) in [5.74, 6) is 0.0934. The van der Waals surface area contributed by atoms with Crippen molar-refractivity contribution in [3.63, 3.8) is 0 Å². The molecule has 1 fully saturated rings. The van der Waals surface area contributed by atoms with E-state index in [0.717, 1.165) is 51.1 Å². The lowest BCUT2D eigenvalue weighted by Crippen LogP contribution is -2.50. The fourth-order valence-electron chi connectivity index (χ4n) is 4.69. The molecule has 1 saturated heterocycles. The van der Waals surface area contributed by atoms with Crippen molar-refractivity contribution in [3.8, 4) is 0 Å². The molecular weight excluding hydrogens is 432 g/mol. The van der Waals surface area contributed by atoms with Crippen LogP contribution in [-0.2, 0) is 46.1 Å². The summed E-state index contributed by atoms with van der Waals surface area (Å²) in [6.45, 7) is 10.8. The van der Waals surface area contributed by atoms with Crippen LogP contribution in [0.4, 0.5) is 0 Å². The SMILES string of the molecule is CCc1cc2c(s1)CCO[C@@]21CCN(Cc2cn(CCS(=O)(=O)C(C)C)nn2)[C@@H](C)C1. The van der Waals surface area contributed by atoms with Gasteiger partial charge in [-0.15, -0.1) is 16.4 Å². The molecule has 0 aromatic carbocycles. The highest BCUT2D eigenvalue weighted by Gasteiger charge is 2.44. The number of fused-ring (bicyclic) bond motifs is 2. The molecule has 9 heteroatoms. The molecule has 2 aliphatic heterocycles. The summed E-state index contributed by atoms with van der Waals surface area (Å²) in [4.78, 5) is 5.42. The van der Waals surface area contributed by atoms with Crippen molar-refractivity contribution in [2.45, 2.75) is 83.4 Å². The summed E-state index contributed by atoms with van der Waals surface area (Å²) in [7, 11) is -3.08. The molecular formula is C22H34N4O3S2. The van der Waals surface area contributed by atoms with E-state index in [0.29, 0.717) is 12.6 Å². The number of likely N-dealkylation sites (tertiary alicyclic amines) is 1. The maximum absolute atomic E-state index is 12.0. The number of aryl methyl sites for hydroxylation is 2. The predicted molar refractivity (Wildman–Crippen MR) is 123 cm³/mol. The number of sulfone groups is 1. The fourth-order valence-corrected chi connectivity index (χ4v) is 6.79. The van der Waals surface area contributed by atoms with Crippen LogP contribution in [0.2, 0.25) is 0 Å². The molecule has 172 valence electrons. The van der Waals surface area contributed by atoms with E-state index >= 15 is 0 Å². The molecule has 0 amide bonds. The zero-order chi connectivity index (χ0) is 22.2. The fraction of sp³-hybridized carbons (Fsp3) is 0.727. The second-order valence-electron chi connectivity index (χ2n) is 9.16. The molecule has 7 nitrogen and oxygen atoms in total. The average Bonchev–Trinajstić information content (AvgIpc) is 3.36. The zero-order valence-electron chi connectivity index (χ0n) is 19.0. The first-order chi connectivity index (χ1) is 14.7. The molecule has 0 bridgehead atoms. The van der Waals surface area contributed by atoms with E-state index in [1.54, 1.807) is 18.5 Å². The van der Waals surface area contributed by atoms with Gasteiger partial charge in [0.2, 0.25) is 0 Å². The Morgan fingerprint density at radius 2 is 2.19 bits per heavy atom. The van der Waals surface area contributed by atoms with Gasteiger partial charge < -0.3 is 4.74 Å². The van der Waals surface area contributed by atoms with Gasteiger partial charge in [0.15, 0.2) is 9.84 Å². The predicted octanol–water partition coefficient (Wildman–Crippen LogP) is 3.18. The van der Waals surface area contributed by atoms with Gasteiger partial charge in [-0.05, 0) is 51.7 Å². The lowest BCUT2D eigenvalue weighted by molar-refractivity contribution is -0.112. The second kappa shape index (κ2) is 8.92. The molecule has 0 radical (unpaired) electrons. The monoisotopic (exact) mass is 466 g/mol. The standard InChI is InChI=1S/C22H34N4O3S2/c1-5-19-12-20-21(30-19)6-10-29-22(20)7-8-25(17(4)13-22)14-18-15-26(24-23-18)9-11-31(27,28)16(2)3/h12,15-17H,5-11,13-14H2,1-4H3/t17-,22+/m0/s1. The van der Waals surface area contributed by atoms with Crippen molar-refractivity contribution in [3.05, 3.63) is 33.3 Å². The molecule has 0 unspecified atom stereocenters. The average molecular weight is 467 g/mol. The maximum Gasteiger partial charge on any atom is 0.154 e. The van der Waals surface area contributed by atoms with Crippen molar-refractivity contribution < 1.29 is 13.2 Å². The van der Waals surface area contributed by atoms with E-state index in [-0.39, 0.29) is 16.6 Å². The summed E-state index contributed by atoms with van der Waals surface area (Å²) in [6, 6.07) is 2.76. The van der Waals surface area contributed by atoms with E-state index in [1.165, 1.54) is 15.3 Å². The Kier molecular flexibility index (Phi) is 6.59. The first-order valence-electron chi connectivity index (χ1n) is 11.3. The van der Waals surface area contributed by atoms with Gasteiger partial charge in [-0.2, -0.15) is 0 Å². The molecule has 0 N–H and O–H groups in total. The normalized spacial score (nSPS) is 24.7. The van der Waals surface area contributed by atoms with Gasteiger partial charge in [-0.3, -0.25) is 9.58 Å². The summed E-state index contributed by atoms with van der Waals surface area (Å²) in [5.41, 5.74) is 2.18. The van der Waals surface area contributed by atoms with Crippen LogP contribution in [0.1, 0.15) is 61.5 Å². The van der Waals surface area contributed by atoms with Crippen LogP contribution in [-0.4, -0.2) is 58.5 Å². The number of thiophene rings is 1. The Bertz CT molecular complexity index is 1010. The van der Waals surface area contributed by atoms with E-state index in [4.69, 9.17) is 4.74 Å². The van der Waals surface area contributed by atoms with Gasteiger partial charge in [0, 0.05) is 41.5 Å². The number of ether oxygens (including phenoxy) is 1. The lowest BCUT2D eigenvalue weighted by Gasteiger charge is -2.47. The van der Waals surface area contributed by atoms with Crippen LogP contribution in [0, 0.1) is 0 Å². The number of rotatable bonds is 7. The van der Waals surface area contributed by atoms with E-state index in [2.05, 4.69) is 35.1 Å². The van der Waals surface area contributed by atoms with Gasteiger partial charge in [-0.25, -0.2) is 8.42 Å². The second-order valence-corrected chi connectivity index (χ2v) is 13.1. The van der Waals surface area contributed by atoms with E-state index in [9.17, 15) is 8.42 Å². The topological polar surface area (TPSA) is 77.3 Å². The smallest absolute Gasteiger partial charge is 0.154 e. The summed E-state index contributed by atoms with van der Waals surface area (Å²) in [5, 5.41) is 8.07. The third-order valence-corrected chi connectivity index (χ3v) is 10.3. The van der Waals surface area contributed by atoms with Crippen LogP contribution < -0.4 is 0 Å². The highest BCUT2D eigenvalue weighted by molar-refractivity contribution is 7.91. The van der Waals surface area contributed by atoms with Crippen LogP contribution in [0.5, 0.6) is 0 Å². The number of aromatic nitrogens is 3. The first kappa shape index (κ1) is 22.9. The Morgan fingerprint density at radius 1 is 1.39 bits per heavy atom. The summed E-state index contributed by atoms with van der Waals surface area (Å²) >= 11 is 1.96. The van der Waals surface area contributed by atoms with Crippen molar-refractivity contribution >= 4 is 21.2 Å². The summed E-state index contributed by atoms with van der Waals surface area (Å²) < 4.78 is 32.2. The molecule has 4 rings (SSSR count). The van der Waals surface area contributed by atoms with E-state index < -0.39 is 9.84 Å². The molecule has 4 heterocycles. The Labute approximate surface area is 189 Å². The Balaban J connectivity index is 1.39. The maximum atomic E-state index is 12.0. The largest absolute Gasteiger partial charge is 0.370 e. The minimum atomic E-state index is -3.08. The summed E-state index contributed by atoms with van der Waals surface area (Å²) in [6.07, 6.45) is 5.99. The number of nitrogens with zero attached hydrogens (tertiary/aromatic N) is 4. The molecule has 0 aliphatic carbocycles. The van der Waals surface area contributed by atoms with Gasteiger partial charge in [0.25, 0.3) is 0 Å². The molecule has 1 spiro atoms. The van der Waals surface area contributed by atoms with Gasteiger partial charge in [0.1, 0.15) is 0 Å². The zero-order valence-corrected chi connectivity index (χ0v) is 20.6. The minimum Gasteiger partial charge on any atom is -0.370 e. The van der Waals surface area contributed by atoms with Crippen LogP contribution in [0.25, 0.3) is 0 Å². The Morgan fingerprint density at radius 3 is 2.90 bits per heavy atom. The lowest BCUT2D eigenvalue weighted by atomic mass is 9.79. The van der Waals surface area contributed by atoms with Gasteiger partial charge >= 0.3 is 0 Å². The molecule has 2 aromatic heterocycles. The van der Waals surface area contributed by atoms with Crippen molar-refractivity contribution in [1.82, 2.24) is 19.9 Å². The Hall–Kier alpha value is -1.29. The number of hydrogen-bond donors (Lipinski definition) is 0. The number of hydrogen-bond acceptors (Lipinski definition) is 7. The highest BCUT2D eigenvalue weighted by Crippen LogP contribution is 2.46. The van der Waals surface area contributed by atoms with Crippen LogP contribution in [0.15, 0.2) is 12.3 Å². The highest BCUT2D eigenvalue weighted by atomic mass is 32.2. The minimum absolute atomic E-state index is 0.0934. The third kappa shape index (κ3) is 4.74. The first-order valence-corrected chi connectivity index (χ1v) is 13.9. The molecule has 2 aromatic rings. The molecule has 2 atom stereocenters. The van der Waals surface area contributed by atoms with Gasteiger partial charge in [0.05, 0.1) is 35.4 Å².